The van der Waals surface area contributed by atoms with Crippen LogP contribution in [0.1, 0.15) is 36.7 Å². The minimum atomic E-state index is -0.272. The van der Waals surface area contributed by atoms with Crippen molar-refractivity contribution in [3.63, 3.8) is 0 Å². The Kier molecular flexibility index (Phi) is 7.02. The third-order valence-electron chi connectivity index (χ3n) is 5.65. The molecule has 0 aliphatic heterocycles. The third-order valence-corrected chi connectivity index (χ3v) is 5.65. The highest BCUT2D eigenvalue weighted by atomic mass is 16.5. The standard InChI is InChI=1S/C27H32N6O2/c1-27(2,3)19-9-11-24(35-14-13-33(4)5)23(15-19)31-26(34)21-7-6-12-28-25(21)30-20-10-8-18-17-29-32-22(18)16-20/h6-12,15-17H,13-14H2,1-5H3,(H,28,30)(H,29,32)(H,31,34). The predicted molar refractivity (Wildman–Crippen MR) is 141 cm³/mol. The summed E-state index contributed by atoms with van der Waals surface area (Å²) in [5.41, 5.74) is 3.79. The number of hydrogen-bond donors (Lipinski definition) is 3. The first-order chi connectivity index (χ1) is 16.7. The average Bonchev–Trinajstić information content (AvgIpc) is 3.27. The zero-order valence-electron chi connectivity index (χ0n) is 20.8. The number of likely N-dealkylation sites (N-methyl/N-ethyl adjacent to an activating group) is 1. The van der Waals surface area contributed by atoms with Gasteiger partial charge in [0.1, 0.15) is 18.2 Å². The Morgan fingerprint density at radius 1 is 1.11 bits per heavy atom. The van der Waals surface area contributed by atoms with Crippen molar-refractivity contribution in [2.45, 2.75) is 26.2 Å². The normalized spacial score (nSPS) is 11.6. The van der Waals surface area contributed by atoms with Gasteiger partial charge in [-0.1, -0.05) is 26.8 Å². The second kappa shape index (κ2) is 10.1. The maximum atomic E-state index is 13.4. The third kappa shape index (κ3) is 5.96. The van der Waals surface area contributed by atoms with Crippen LogP contribution in [0.15, 0.2) is 60.9 Å². The number of pyridine rings is 1. The Balaban J connectivity index is 1.60. The van der Waals surface area contributed by atoms with Crippen LogP contribution in [-0.2, 0) is 5.41 Å². The van der Waals surface area contributed by atoms with Crippen LogP contribution in [0.3, 0.4) is 0 Å². The lowest BCUT2D eigenvalue weighted by molar-refractivity contribution is 0.102. The summed E-state index contributed by atoms with van der Waals surface area (Å²) >= 11 is 0. The van der Waals surface area contributed by atoms with Gasteiger partial charge in [0.25, 0.3) is 5.91 Å². The largest absolute Gasteiger partial charge is 0.490 e. The van der Waals surface area contributed by atoms with E-state index in [1.807, 2.05) is 50.5 Å². The average molecular weight is 473 g/mol. The number of anilines is 3. The van der Waals surface area contributed by atoms with E-state index in [4.69, 9.17) is 4.74 Å². The molecule has 4 rings (SSSR count). The van der Waals surface area contributed by atoms with Crippen LogP contribution < -0.4 is 15.4 Å². The van der Waals surface area contributed by atoms with Crippen molar-refractivity contribution < 1.29 is 9.53 Å². The minimum Gasteiger partial charge on any atom is -0.490 e. The lowest BCUT2D eigenvalue weighted by atomic mass is 9.87. The molecule has 4 aromatic rings. The predicted octanol–water partition coefficient (Wildman–Crippen LogP) is 5.19. The summed E-state index contributed by atoms with van der Waals surface area (Å²) in [6.45, 7) is 7.70. The number of rotatable bonds is 8. The van der Waals surface area contributed by atoms with Crippen LogP contribution in [0.25, 0.3) is 10.9 Å². The van der Waals surface area contributed by atoms with E-state index >= 15 is 0 Å². The number of aromatic nitrogens is 3. The van der Waals surface area contributed by atoms with E-state index in [2.05, 4.69) is 51.5 Å². The van der Waals surface area contributed by atoms with Crippen LogP contribution in [0.2, 0.25) is 0 Å². The number of hydrogen-bond acceptors (Lipinski definition) is 6. The summed E-state index contributed by atoms with van der Waals surface area (Å²) in [7, 11) is 3.99. The van der Waals surface area contributed by atoms with Crippen molar-refractivity contribution in [2.75, 3.05) is 37.9 Å². The lowest BCUT2D eigenvalue weighted by Gasteiger charge is -2.22. The molecule has 2 aromatic carbocycles. The summed E-state index contributed by atoms with van der Waals surface area (Å²) in [6, 6.07) is 15.3. The van der Waals surface area contributed by atoms with Crippen molar-refractivity contribution in [3.8, 4) is 5.75 Å². The van der Waals surface area contributed by atoms with E-state index in [9.17, 15) is 4.79 Å². The van der Waals surface area contributed by atoms with E-state index in [0.29, 0.717) is 29.4 Å². The molecule has 3 N–H and O–H groups in total. The van der Waals surface area contributed by atoms with Crippen LogP contribution >= 0.6 is 0 Å². The highest BCUT2D eigenvalue weighted by Crippen LogP contribution is 2.32. The number of carbonyl (C=O) groups excluding carboxylic acids is 1. The molecule has 0 radical (unpaired) electrons. The Morgan fingerprint density at radius 2 is 1.94 bits per heavy atom. The molecule has 0 saturated carbocycles. The quantitative estimate of drug-likeness (QED) is 0.327. The zero-order valence-corrected chi connectivity index (χ0v) is 20.8. The van der Waals surface area contributed by atoms with Crippen LogP contribution in [0.4, 0.5) is 17.2 Å². The van der Waals surface area contributed by atoms with Gasteiger partial charge in [0, 0.05) is 23.8 Å². The SMILES string of the molecule is CN(C)CCOc1ccc(C(C)(C)C)cc1NC(=O)c1cccnc1Nc1ccc2cn[nH]c2c1. The molecule has 0 fully saturated rings. The maximum Gasteiger partial charge on any atom is 0.259 e. The second-order valence-electron chi connectivity index (χ2n) is 9.76. The number of aromatic amines is 1. The smallest absolute Gasteiger partial charge is 0.259 e. The van der Waals surface area contributed by atoms with E-state index in [-0.39, 0.29) is 11.3 Å². The van der Waals surface area contributed by atoms with Crippen LogP contribution in [0.5, 0.6) is 5.75 Å². The van der Waals surface area contributed by atoms with Crippen molar-refractivity contribution in [3.05, 3.63) is 72.1 Å². The van der Waals surface area contributed by atoms with Crippen molar-refractivity contribution in [1.82, 2.24) is 20.1 Å². The van der Waals surface area contributed by atoms with E-state index in [1.165, 1.54) is 0 Å². The monoisotopic (exact) mass is 472 g/mol. The van der Waals surface area contributed by atoms with Gasteiger partial charge in [-0.15, -0.1) is 0 Å². The lowest BCUT2D eigenvalue weighted by Crippen LogP contribution is -2.21. The molecule has 0 aliphatic carbocycles. The van der Waals surface area contributed by atoms with E-state index in [0.717, 1.165) is 28.7 Å². The van der Waals surface area contributed by atoms with E-state index < -0.39 is 0 Å². The molecule has 0 saturated heterocycles. The molecule has 2 heterocycles. The van der Waals surface area contributed by atoms with Gasteiger partial charge in [-0.2, -0.15) is 5.10 Å². The number of ether oxygens (including phenoxy) is 1. The fourth-order valence-corrected chi connectivity index (χ4v) is 3.59. The molecule has 0 bridgehead atoms. The summed E-state index contributed by atoms with van der Waals surface area (Å²) in [6.07, 6.45) is 3.42. The van der Waals surface area contributed by atoms with Gasteiger partial charge in [-0.05, 0) is 67.5 Å². The van der Waals surface area contributed by atoms with Gasteiger partial charge < -0.3 is 20.3 Å². The second-order valence-corrected chi connectivity index (χ2v) is 9.76. The minimum absolute atomic E-state index is 0.0754. The molecule has 35 heavy (non-hydrogen) atoms. The number of fused-ring (bicyclic) bond motifs is 1. The van der Waals surface area contributed by atoms with E-state index in [1.54, 1.807) is 24.5 Å². The molecule has 0 atom stereocenters. The number of nitrogens with one attached hydrogen (secondary N) is 3. The Labute approximate surface area is 205 Å². The summed E-state index contributed by atoms with van der Waals surface area (Å²) in [4.78, 5) is 19.9. The first-order valence-electron chi connectivity index (χ1n) is 11.6. The van der Waals surface area contributed by atoms with Crippen molar-refractivity contribution in [1.29, 1.82) is 0 Å². The first-order valence-corrected chi connectivity index (χ1v) is 11.6. The van der Waals surface area contributed by atoms with Gasteiger partial charge in [-0.25, -0.2) is 4.98 Å². The van der Waals surface area contributed by atoms with Gasteiger partial charge in [0.2, 0.25) is 0 Å². The van der Waals surface area contributed by atoms with Crippen molar-refractivity contribution >= 4 is 34.0 Å². The molecule has 182 valence electrons. The van der Waals surface area contributed by atoms with Gasteiger partial charge in [-0.3, -0.25) is 9.89 Å². The topological polar surface area (TPSA) is 95.2 Å². The zero-order chi connectivity index (χ0) is 25.0. The number of carbonyl (C=O) groups is 1. The fraction of sp³-hybridized carbons (Fsp3) is 0.296. The molecular weight excluding hydrogens is 440 g/mol. The molecule has 0 aliphatic rings. The Morgan fingerprint density at radius 3 is 2.71 bits per heavy atom. The van der Waals surface area contributed by atoms with Crippen LogP contribution in [-0.4, -0.2) is 53.2 Å². The van der Waals surface area contributed by atoms with Gasteiger partial charge >= 0.3 is 0 Å². The van der Waals surface area contributed by atoms with Gasteiger partial charge in [0.15, 0.2) is 0 Å². The number of amides is 1. The number of nitrogens with zero attached hydrogens (tertiary/aromatic N) is 3. The molecular formula is C27H32N6O2. The first kappa shape index (κ1) is 24.2. The van der Waals surface area contributed by atoms with Crippen LogP contribution in [0, 0.1) is 0 Å². The van der Waals surface area contributed by atoms with Crippen molar-refractivity contribution in [2.24, 2.45) is 0 Å². The molecule has 0 spiro atoms. The maximum absolute atomic E-state index is 13.4. The molecule has 8 nitrogen and oxygen atoms in total. The summed E-state index contributed by atoms with van der Waals surface area (Å²) in [5, 5.41) is 14.3. The number of H-pyrrole nitrogens is 1. The Bertz CT molecular complexity index is 1320. The Hall–Kier alpha value is -3.91. The summed E-state index contributed by atoms with van der Waals surface area (Å²) < 4.78 is 6.01. The molecule has 8 heteroatoms. The molecule has 2 aromatic heterocycles. The molecule has 0 unspecified atom stereocenters. The highest BCUT2D eigenvalue weighted by molar-refractivity contribution is 6.08. The molecule has 1 amide bonds. The van der Waals surface area contributed by atoms with Gasteiger partial charge in [0.05, 0.1) is 23.0 Å². The highest BCUT2D eigenvalue weighted by Gasteiger charge is 2.19. The fourth-order valence-electron chi connectivity index (χ4n) is 3.59. The number of benzene rings is 2. The summed E-state index contributed by atoms with van der Waals surface area (Å²) in [5.74, 6) is 0.828.